The lowest BCUT2D eigenvalue weighted by atomic mass is 10.2. The van der Waals surface area contributed by atoms with Crippen LogP contribution in [0.5, 0.6) is 0 Å². The van der Waals surface area contributed by atoms with Crippen LogP contribution in [0.3, 0.4) is 0 Å². The number of fused-ring (bicyclic) bond motifs is 1. The Morgan fingerprint density at radius 2 is 1.67 bits per heavy atom. The maximum atomic E-state index is 12.4. The topological polar surface area (TPSA) is 52.2 Å². The van der Waals surface area contributed by atoms with E-state index in [2.05, 4.69) is 0 Å². The molecule has 1 heterocycles. The molecule has 3 rings (SSSR count). The zero-order valence-electron chi connectivity index (χ0n) is 10.3. The first kappa shape index (κ1) is 14.2. The zero-order valence-corrected chi connectivity index (χ0v) is 12.5. The molecule has 0 fully saturated rings. The Labute approximate surface area is 133 Å². The Morgan fingerprint density at radius 3 is 2.38 bits per heavy atom. The molecule has 0 aliphatic rings. The third-order valence-corrected chi connectivity index (χ3v) is 3.89. The Kier molecular flexibility index (Phi) is 3.53. The zero-order chi connectivity index (χ0) is 15.1. The quantitative estimate of drug-likeness (QED) is 0.674. The van der Waals surface area contributed by atoms with Crippen LogP contribution in [0.15, 0.2) is 50.4 Å². The van der Waals surface area contributed by atoms with E-state index in [0.29, 0.717) is 10.0 Å². The molecule has 0 atom stereocenters. The lowest BCUT2D eigenvalue weighted by Gasteiger charge is -2.06. The summed E-state index contributed by atoms with van der Waals surface area (Å²) in [4.78, 5) is 24.5. The number of benzene rings is 2. The molecule has 0 aliphatic carbocycles. The summed E-state index contributed by atoms with van der Waals surface area (Å²) in [5.41, 5.74) is -0.106. The molecular formula is C14H6Cl3NO3. The SMILES string of the molecule is O=c1oc2cc(Cl)ccc2c(=O)n1-c1ccc(Cl)c(Cl)c1. The van der Waals surface area contributed by atoms with Crippen molar-refractivity contribution < 1.29 is 4.42 Å². The summed E-state index contributed by atoms with van der Waals surface area (Å²) < 4.78 is 6.01. The van der Waals surface area contributed by atoms with Gasteiger partial charge in [-0.3, -0.25) is 4.79 Å². The van der Waals surface area contributed by atoms with E-state index in [-0.39, 0.29) is 21.7 Å². The van der Waals surface area contributed by atoms with E-state index in [1.807, 2.05) is 0 Å². The van der Waals surface area contributed by atoms with Gasteiger partial charge in [0.05, 0.1) is 21.1 Å². The fourth-order valence-corrected chi connectivity index (χ4v) is 2.40. The van der Waals surface area contributed by atoms with Crippen LogP contribution in [0, 0.1) is 0 Å². The molecule has 0 saturated heterocycles. The molecule has 7 heteroatoms. The number of halogens is 3. The van der Waals surface area contributed by atoms with Crippen molar-refractivity contribution in [1.82, 2.24) is 4.57 Å². The van der Waals surface area contributed by atoms with Gasteiger partial charge in [0.2, 0.25) is 0 Å². The van der Waals surface area contributed by atoms with Crippen molar-refractivity contribution in [2.24, 2.45) is 0 Å². The van der Waals surface area contributed by atoms with Crippen molar-refractivity contribution in [2.75, 3.05) is 0 Å². The molecule has 0 radical (unpaired) electrons. The minimum atomic E-state index is -0.826. The molecule has 2 aromatic carbocycles. The molecule has 1 aromatic heterocycles. The fraction of sp³-hybridized carbons (Fsp3) is 0. The van der Waals surface area contributed by atoms with Crippen LogP contribution in [0.1, 0.15) is 0 Å². The van der Waals surface area contributed by atoms with Crippen molar-refractivity contribution >= 4 is 45.8 Å². The summed E-state index contributed by atoms with van der Waals surface area (Å²) in [6.45, 7) is 0. The second-order valence-corrected chi connectivity index (χ2v) is 5.50. The highest BCUT2D eigenvalue weighted by atomic mass is 35.5. The first-order valence-corrected chi connectivity index (χ1v) is 6.91. The van der Waals surface area contributed by atoms with Crippen LogP contribution in [0.4, 0.5) is 0 Å². The van der Waals surface area contributed by atoms with Gasteiger partial charge >= 0.3 is 5.76 Å². The van der Waals surface area contributed by atoms with Crippen LogP contribution in [0.25, 0.3) is 16.7 Å². The smallest absolute Gasteiger partial charge is 0.409 e. The number of hydrogen-bond donors (Lipinski definition) is 0. The van der Waals surface area contributed by atoms with E-state index in [4.69, 9.17) is 39.2 Å². The maximum absolute atomic E-state index is 12.4. The van der Waals surface area contributed by atoms with Crippen molar-refractivity contribution in [3.8, 4) is 5.69 Å². The minimum Gasteiger partial charge on any atom is -0.409 e. The second-order valence-electron chi connectivity index (χ2n) is 4.25. The maximum Gasteiger partial charge on any atom is 0.426 e. The molecule has 0 spiro atoms. The molecule has 0 bridgehead atoms. The standard InChI is InChI=1S/C14H6Cl3NO3/c15-7-1-3-9-12(5-7)21-14(20)18(13(9)19)8-2-4-10(16)11(17)6-8/h1-6H. The molecule has 106 valence electrons. The third kappa shape index (κ3) is 2.46. The van der Waals surface area contributed by atoms with Gasteiger partial charge in [-0.1, -0.05) is 34.8 Å². The van der Waals surface area contributed by atoms with Gasteiger partial charge < -0.3 is 4.42 Å². The second kappa shape index (κ2) is 5.22. The fourth-order valence-electron chi connectivity index (χ4n) is 1.95. The summed E-state index contributed by atoms with van der Waals surface area (Å²) >= 11 is 17.5. The van der Waals surface area contributed by atoms with Gasteiger partial charge in [0.15, 0.2) is 0 Å². The molecule has 0 amide bonds. The van der Waals surface area contributed by atoms with Gasteiger partial charge in [0, 0.05) is 11.1 Å². The van der Waals surface area contributed by atoms with Crippen LogP contribution in [0.2, 0.25) is 15.1 Å². The third-order valence-electron chi connectivity index (χ3n) is 2.92. The van der Waals surface area contributed by atoms with E-state index >= 15 is 0 Å². The highest BCUT2D eigenvalue weighted by Crippen LogP contribution is 2.24. The highest BCUT2D eigenvalue weighted by Gasteiger charge is 2.12. The molecule has 0 unspecified atom stereocenters. The van der Waals surface area contributed by atoms with Crippen molar-refractivity contribution in [2.45, 2.75) is 0 Å². The molecule has 0 N–H and O–H groups in total. The summed E-state index contributed by atoms with van der Waals surface area (Å²) in [5, 5.41) is 1.17. The minimum absolute atomic E-state index is 0.133. The van der Waals surface area contributed by atoms with Gasteiger partial charge in [-0.05, 0) is 30.3 Å². The van der Waals surface area contributed by atoms with E-state index in [1.54, 1.807) is 6.07 Å². The summed E-state index contributed by atoms with van der Waals surface area (Å²) in [7, 11) is 0. The van der Waals surface area contributed by atoms with E-state index in [1.165, 1.54) is 30.3 Å². The monoisotopic (exact) mass is 341 g/mol. The summed E-state index contributed by atoms with van der Waals surface area (Å²) in [5.74, 6) is -0.826. The summed E-state index contributed by atoms with van der Waals surface area (Å²) in [6, 6.07) is 8.88. The Balaban J connectivity index is 2.38. The molecule has 21 heavy (non-hydrogen) atoms. The van der Waals surface area contributed by atoms with Crippen LogP contribution < -0.4 is 11.3 Å². The van der Waals surface area contributed by atoms with Crippen LogP contribution in [-0.2, 0) is 0 Å². The van der Waals surface area contributed by atoms with Crippen molar-refractivity contribution in [1.29, 1.82) is 0 Å². The molecule has 0 saturated carbocycles. The molecule has 4 nitrogen and oxygen atoms in total. The van der Waals surface area contributed by atoms with Gasteiger partial charge in [-0.25, -0.2) is 9.36 Å². The lowest BCUT2D eigenvalue weighted by Crippen LogP contribution is -2.30. The number of rotatable bonds is 1. The van der Waals surface area contributed by atoms with E-state index in [0.717, 1.165) is 4.57 Å². The average Bonchev–Trinajstić information content (AvgIpc) is 2.42. The Morgan fingerprint density at radius 1 is 0.905 bits per heavy atom. The Hall–Kier alpha value is -1.75. The largest absolute Gasteiger partial charge is 0.426 e. The number of aromatic nitrogens is 1. The predicted octanol–water partition coefficient (Wildman–Crippen LogP) is 3.90. The van der Waals surface area contributed by atoms with Crippen molar-refractivity contribution in [3.05, 3.63) is 72.4 Å². The highest BCUT2D eigenvalue weighted by molar-refractivity contribution is 6.42. The Bertz CT molecular complexity index is 975. The van der Waals surface area contributed by atoms with E-state index in [9.17, 15) is 9.59 Å². The average molecular weight is 343 g/mol. The number of hydrogen-bond acceptors (Lipinski definition) is 3. The van der Waals surface area contributed by atoms with Gasteiger partial charge in [0.1, 0.15) is 5.58 Å². The van der Waals surface area contributed by atoms with Gasteiger partial charge in [-0.2, -0.15) is 0 Å². The first-order chi connectivity index (χ1) is 9.97. The predicted molar refractivity (Wildman–Crippen MR) is 83.1 cm³/mol. The van der Waals surface area contributed by atoms with Gasteiger partial charge in [0.25, 0.3) is 5.56 Å². The van der Waals surface area contributed by atoms with Crippen LogP contribution >= 0.6 is 34.8 Å². The first-order valence-electron chi connectivity index (χ1n) is 5.78. The molecule has 3 aromatic rings. The number of nitrogens with zero attached hydrogens (tertiary/aromatic N) is 1. The van der Waals surface area contributed by atoms with Gasteiger partial charge in [-0.15, -0.1) is 0 Å². The van der Waals surface area contributed by atoms with Crippen LogP contribution in [-0.4, -0.2) is 4.57 Å². The molecule has 0 aliphatic heterocycles. The summed E-state index contributed by atoms with van der Waals surface area (Å²) in [6.07, 6.45) is 0. The molecular weight excluding hydrogens is 337 g/mol. The normalized spacial score (nSPS) is 11.0. The van der Waals surface area contributed by atoms with E-state index < -0.39 is 11.3 Å². The lowest BCUT2D eigenvalue weighted by molar-refractivity contribution is 0.504. The van der Waals surface area contributed by atoms with Crippen molar-refractivity contribution in [3.63, 3.8) is 0 Å².